The fourth-order valence-electron chi connectivity index (χ4n) is 4.44. The number of epoxide rings is 1. The van der Waals surface area contributed by atoms with Crippen LogP contribution in [0.3, 0.4) is 0 Å². The molecule has 0 N–H and O–H groups in total. The highest BCUT2D eigenvalue weighted by atomic mass is 35.5. The van der Waals surface area contributed by atoms with E-state index in [1.165, 1.54) is 0 Å². The van der Waals surface area contributed by atoms with Crippen molar-refractivity contribution in [3.8, 4) is 0 Å². The molecule has 27 heavy (non-hydrogen) atoms. The van der Waals surface area contributed by atoms with Crippen LogP contribution in [0, 0.1) is 11.8 Å². The second-order valence-electron chi connectivity index (χ2n) is 7.93. The Hall–Kier alpha value is -1.92. The minimum Gasteiger partial charge on any atom is -0.459 e. The lowest BCUT2D eigenvalue weighted by atomic mass is 9.82. The Bertz CT molecular complexity index is 868. The van der Waals surface area contributed by atoms with Gasteiger partial charge >= 0.3 is 11.9 Å². The molecule has 7 heteroatoms. The Morgan fingerprint density at radius 3 is 2.56 bits per heavy atom. The van der Waals surface area contributed by atoms with Gasteiger partial charge in [0.25, 0.3) is 0 Å². The average molecular weight is 393 g/mol. The number of hydrogen-bond acceptors (Lipinski definition) is 6. The first kappa shape index (κ1) is 18.4. The maximum Gasteiger partial charge on any atom is 0.341 e. The Labute approximate surface area is 162 Å². The maximum absolute atomic E-state index is 12.7. The van der Waals surface area contributed by atoms with Crippen LogP contribution in [0.15, 0.2) is 33.9 Å². The van der Waals surface area contributed by atoms with Crippen molar-refractivity contribution in [1.29, 1.82) is 0 Å². The summed E-state index contributed by atoms with van der Waals surface area (Å²) >= 11 is 6.21. The van der Waals surface area contributed by atoms with Gasteiger partial charge in [-0.15, -0.1) is 0 Å². The Morgan fingerprint density at radius 1 is 1.33 bits per heavy atom. The van der Waals surface area contributed by atoms with Gasteiger partial charge in [0, 0.05) is 23.5 Å². The van der Waals surface area contributed by atoms with E-state index >= 15 is 0 Å². The smallest absolute Gasteiger partial charge is 0.341 e. The second kappa shape index (κ2) is 5.79. The lowest BCUT2D eigenvalue weighted by Crippen LogP contribution is -2.38. The second-order valence-corrected chi connectivity index (χ2v) is 8.31. The number of carbonyl (C=O) groups is 3. The highest BCUT2D eigenvalue weighted by Gasteiger charge is 2.60. The summed E-state index contributed by atoms with van der Waals surface area (Å²) in [6, 6.07) is 0. The van der Waals surface area contributed by atoms with E-state index in [4.69, 9.17) is 25.8 Å². The normalized spacial score (nSPS) is 40.6. The van der Waals surface area contributed by atoms with E-state index in [9.17, 15) is 14.4 Å². The predicted molar refractivity (Wildman–Crippen MR) is 95.7 cm³/mol. The molecule has 0 saturated carbocycles. The Morgan fingerprint density at radius 2 is 1.96 bits per heavy atom. The van der Waals surface area contributed by atoms with Crippen LogP contribution >= 0.6 is 11.6 Å². The van der Waals surface area contributed by atoms with Crippen molar-refractivity contribution in [2.75, 3.05) is 0 Å². The van der Waals surface area contributed by atoms with Crippen molar-refractivity contribution in [2.24, 2.45) is 11.8 Å². The molecule has 0 amide bonds. The Kier molecular flexibility index (Phi) is 3.95. The van der Waals surface area contributed by atoms with Gasteiger partial charge in [-0.05, 0) is 33.3 Å². The lowest BCUT2D eigenvalue weighted by molar-refractivity contribution is -0.158. The third-order valence-corrected chi connectivity index (χ3v) is 6.80. The number of carbonyl (C=O) groups excluding carboxylic acids is 3. The first-order valence-corrected chi connectivity index (χ1v) is 9.35. The molecule has 0 spiro atoms. The van der Waals surface area contributed by atoms with Crippen LogP contribution < -0.4 is 0 Å². The van der Waals surface area contributed by atoms with Crippen molar-refractivity contribution in [1.82, 2.24) is 0 Å². The number of ketones is 1. The largest absolute Gasteiger partial charge is 0.459 e. The number of allylic oxidation sites excluding steroid dienone is 1. The first-order valence-electron chi connectivity index (χ1n) is 8.97. The van der Waals surface area contributed by atoms with E-state index in [-0.39, 0.29) is 22.5 Å². The molecule has 0 aromatic rings. The van der Waals surface area contributed by atoms with E-state index in [2.05, 4.69) is 6.58 Å². The standard InChI is InChI=1S/C20H21ClO6/c1-7-6-11(25-19(24)20(5)10(4)27-20)13-9(3)18(23)26-17(13)14-8(2)15(21)16(22)12(7)14/h10-11,13-14,17H,3,6H2,1-2,4-5H3/t10?,11-,13-,14-,17-,20?/m1/s1. The first-order chi connectivity index (χ1) is 12.6. The summed E-state index contributed by atoms with van der Waals surface area (Å²) in [4.78, 5) is 37.5. The van der Waals surface area contributed by atoms with Crippen LogP contribution in [0.1, 0.15) is 34.1 Å². The lowest BCUT2D eigenvalue weighted by Gasteiger charge is -2.28. The van der Waals surface area contributed by atoms with Gasteiger partial charge in [0.2, 0.25) is 5.78 Å². The molecule has 2 aliphatic carbocycles. The van der Waals surface area contributed by atoms with Gasteiger partial charge in [0.05, 0.1) is 17.1 Å². The third kappa shape index (κ3) is 2.46. The van der Waals surface area contributed by atoms with E-state index in [1.807, 2.05) is 6.92 Å². The Balaban J connectivity index is 1.74. The molecule has 0 aromatic carbocycles. The maximum atomic E-state index is 12.7. The van der Waals surface area contributed by atoms with Gasteiger partial charge < -0.3 is 14.2 Å². The summed E-state index contributed by atoms with van der Waals surface area (Å²) in [7, 11) is 0. The molecule has 4 aliphatic rings. The zero-order valence-corrected chi connectivity index (χ0v) is 16.4. The van der Waals surface area contributed by atoms with Crippen molar-refractivity contribution < 1.29 is 28.6 Å². The van der Waals surface area contributed by atoms with Gasteiger partial charge in [-0.2, -0.15) is 0 Å². The highest BCUT2D eigenvalue weighted by molar-refractivity contribution is 6.47. The fourth-order valence-corrected chi connectivity index (χ4v) is 4.65. The van der Waals surface area contributed by atoms with Crippen LogP contribution in [-0.4, -0.2) is 41.6 Å². The monoisotopic (exact) mass is 392 g/mol. The van der Waals surface area contributed by atoms with E-state index < -0.39 is 41.6 Å². The number of Topliss-reactive ketones (excluding diaryl/α,β-unsaturated/α-hetero) is 1. The molecular formula is C20H21ClO6. The van der Waals surface area contributed by atoms with Gasteiger partial charge in [-0.25, -0.2) is 9.59 Å². The van der Waals surface area contributed by atoms with Crippen molar-refractivity contribution in [3.63, 3.8) is 0 Å². The summed E-state index contributed by atoms with van der Waals surface area (Å²) in [5.41, 5.74) is 1.27. The highest BCUT2D eigenvalue weighted by Crippen LogP contribution is 2.51. The molecule has 4 rings (SSSR count). The summed E-state index contributed by atoms with van der Waals surface area (Å²) < 4.78 is 16.7. The summed E-state index contributed by atoms with van der Waals surface area (Å²) in [5, 5.41) is 0.171. The molecule has 144 valence electrons. The zero-order chi connectivity index (χ0) is 19.8. The van der Waals surface area contributed by atoms with Crippen molar-refractivity contribution >= 4 is 29.3 Å². The van der Waals surface area contributed by atoms with Crippen molar-refractivity contribution in [3.05, 3.63) is 33.9 Å². The summed E-state index contributed by atoms with van der Waals surface area (Å²) in [6.07, 6.45) is -1.24. The van der Waals surface area contributed by atoms with Crippen LogP contribution in [0.2, 0.25) is 0 Å². The minimum atomic E-state index is -0.974. The van der Waals surface area contributed by atoms with Crippen molar-refractivity contribution in [2.45, 2.75) is 58.0 Å². The zero-order valence-electron chi connectivity index (χ0n) is 15.6. The molecule has 2 aliphatic heterocycles. The predicted octanol–water partition coefficient (Wildman–Crippen LogP) is 2.61. The van der Waals surface area contributed by atoms with Crippen LogP contribution in [0.4, 0.5) is 0 Å². The van der Waals surface area contributed by atoms with Gasteiger partial charge in [0.1, 0.15) is 12.2 Å². The van der Waals surface area contributed by atoms with E-state index in [0.717, 1.165) is 5.57 Å². The minimum absolute atomic E-state index is 0.171. The van der Waals surface area contributed by atoms with Gasteiger partial charge in [0.15, 0.2) is 5.60 Å². The molecule has 2 saturated heterocycles. The number of esters is 2. The molecule has 6 atom stereocenters. The summed E-state index contributed by atoms with van der Waals surface area (Å²) in [6.45, 7) is 10.9. The van der Waals surface area contributed by atoms with E-state index in [0.29, 0.717) is 17.6 Å². The fraction of sp³-hybridized carbons (Fsp3) is 0.550. The number of ether oxygens (including phenoxy) is 3. The summed E-state index contributed by atoms with van der Waals surface area (Å²) in [5.74, 6) is -2.24. The van der Waals surface area contributed by atoms with Gasteiger partial charge in [-0.1, -0.05) is 23.8 Å². The van der Waals surface area contributed by atoms with Crippen LogP contribution in [-0.2, 0) is 28.6 Å². The molecular weight excluding hydrogens is 372 g/mol. The molecule has 2 unspecified atom stereocenters. The molecule has 0 bridgehead atoms. The van der Waals surface area contributed by atoms with E-state index in [1.54, 1.807) is 20.8 Å². The molecule has 2 fully saturated rings. The molecule has 6 nitrogen and oxygen atoms in total. The average Bonchev–Trinajstić information content (AvgIpc) is 3.07. The quantitative estimate of drug-likeness (QED) is 0.408. The number of rotatable bonds is 2. The molecule has 0 aromatic heterocycles. The SMILES string of the molecule is C=C1C(=O)O[C@H]2[C@@H]3C(C)=C(Cl)C(=O)C3=C(C)C[C@@H](OC(=O)C3(C)OC3C)[C@@H]12. The third-order valence-electron chi connectivity index (χ3n) is 6.33. The number of fused-ring (bicyclic) bond motifs is 3. The topological polar surface area (TPSA) is 82.2 Å². The van der Waals surface area contributed by atoms with Crippen LogP contribution in [0.5, 0.6) is 0 Å². The number of halogens is 1. The van der Waals surface area contributed by atoms with Crippen LogP contribution in [0.25, 0.3) is 0 Å². The number of hydrogen-bond donors (Lipinski definition) is 0. The molecule has 0 radical (unpaired) electrons. The van der Waals surface area contributed by atoms with Gasteiger partial charge in [-0.3, -0.25) is 4.79 Å². The molecule has 2 heterocycles.